The molecule has 122 valence electrons. The lowest BCUT2D eigenvalue weighted by atomic mass is 9.70. The van der Waals surface area contributed by atoms with Gasteiger partial charge in [-0.3, -0.25) is 4.90 Å². The molecular weight excluding hydrogens is 258 g/mol. The lowest BCUT2D eigenvalue weighted by Gasteiger charge is -2.50. The number of nitrogens with zero attached hydrogens (tertiary/aromatic N) is 3. The van der Waals surface area contributed by atoms with Crippen LogP contribution in [0.25, 0.3) is 0 Å². The van der Waals surface area contributed by atoms with Crippen molar-refractivity contribution in [2.75, 3.05) is 52.9 Å². The van der Waals surface area contributed by atoms with Crippen LogP contribution in [0.3, 0.4) is 0 Å². The average molecular weight is 293 g/mol. The second-order valence-electron chi connectivity index (χ2n) is 9.05. The van der Waals surface area contributed by atoms with Gasteiger partial charge in [0, 0.05) is 25.2 Å². The molecule has 3 heteroatoms. The summed E-state index contributed by atoms with van der Waals surface area (Å²) in [6.45, 7) is 16.4. The lowest BCUT2D eigenvalue weighted by Crippen LogP contribution is -2.54. The largest absolute Gasteiger partial charge is 0.306 e. The van der Waals surface area contributed by atoms with Gasteiger partial charge in [0.15, 0.2) is 0 Å². The van der Waals surface area contributed by atoms with Crippen LogP contribution in [0.15, 0.2) is 0 Å². The van der Waals surface area contributed by atoms with E-state index in [9.17, 15) is 0 Å². The van der Waals surface area contributed by atoms with E-state index in [0.29, 0.717) is 11.0 Å². The van der Waals surface area contributed by atoms with Crippen LogP contribution in [-0.4, -0.2) is 73.1 Å². The van der Waals surface area contributed by atoms with E-state index in [1.165, 1.54) is 71.5 Å². The predicted molar refractivity (Wildman–Crippen MR) is 89.7 cm³/mol. The smallest absolute Gasteiger partial charge is 0.0125 e. The predicted octanol–water partition coefficient (Wildman–Crippen LogP) is 2.52. The summed E-state index contributed by atoms with van der Waals surface area (Å²) in [6.07, 6.45) is 5.77. The van der Waals surface area contributed by atoms with Gasteiger partial charge < -0.3 is 9.80 Å². The standard InChI is InChI=1S/C18H35N3/c1-17(2,3)21-11-7-18(8-12-21)5-9-20(10-6-18)15-16-13-19(4)14-16/h16H,5-15H2,1-4H3. The van der Waals surface area contributed by atoms with Gasteiger partial charge >= 0.3 is 0 Å². The molecule has 0 saturated carbocycles. The third-order valence-electron chi connectivity index (χ3n) is 6.35. The minimum atomic E-state index is 0.360. The molecule has 3 rings (SSSR count). The zero-order valence-corrected chi connectivity index (χ0v) is 14.7. The van der Waals surface area contributed by atoms with E-state index in [-0.39, 0.29) is 0 Å². The van der Waals surface area contributed by atoms with Gasteiger partial charge in [-0.15, -0.1) is 0 Å². The molecule has 0 bridgehead atoms. The summed E-state index contributed by atoms with van der Waals surface area (Å²) in [5.41, 5.74) is 1.05. The van der Waals surface area contributed by atoms with E-state index in [0.717, 1.165) is 5.92 Å². The van der Waals surface area contributed by atoms with E-state index < -0.39 is 0 Å². The van der Waals surface area contributed by atoms with Crippen LogP contribution in [-0.2, 0) is 0 Å². The van der Waals surface area contributed by atoms with Crippen molar-refractivity contribution in [1.82, 2.24) is 14.7 Å². The van der Waals surface area contributed by atoms with Crippen molar-refractivity contribution in [3.8, 4) is 0 Å². The van der Waals surface area contributed by atoms with Crippen LogP contribution in [0.1, 0.15) is 46.5 Å². The van der Waals surface area contributed by atoms with Crippen molar-refractivity contribution in [3.05, 3.63) is 0 Å². The summed E-state index contributed by atoms with van der Waals surface area (Å²) in [4.78, 5) is 7.88. The molecule has 3 aliphatic heterocycles. The van der Waals surface area contributed by atoms with Gasteiger partial charge in [-0.1, -0.05) is 0 Å². The van der Waals surface area contributed by atoms with Crippen LogP contribution in [0.4, 0.5) is 0 Å². The fourth-order valence-electron chi connectivity index (χ4n) is 4.67. The number of hydrogen-bond acceptors (Lipinski definition) is 3. The summed E-state index contributed by atoms with van der Waals surface area (Å²) in [5, 5.41) is 0. The molecule has 0 radical (unpaired) electrons. The SMILES string of the molecule is CN1CC(CN2CCC3(CC2)CCN(C(C)(C)C)CC3)C1. The Morgan fingerprint density at radius 3 is 1.90 bits per heavy atom. The van der Waals surface area contributed by atoms with Crippen molar-refractivity contribution < 1.29 is 0 Å². The number of likely N-dealkylation sites (tertiary alicyclic amines) is 3. The van der Waals surface area contributed by atoms with E-state index in [2.05, 4.69) is 42.5 Å². The summed E-state index contributed by atoms with van der Waals surface area (Å²) >= 11 is 0. The topological polar surface area (TPSA) is 9.72 Å². The van der Waals surface area contributed by atoms with Crippen molar-refractivity contribution in [2.45, 2.75) is 52.0 Å². The fraction of sp³-hybridized carbons (Fsp3) is 1.00. The molecule has 0 amide bonds. The lowest BCUT2D eigenvalue weighted by molar-refractivity contribution is -0.00653. The highest BCUT2D eigenvalue weighted by atomic mass is 15.2. The molecule has 0 aromatic heterocycles. The third-order valence-corrected chi connectivity index (χ3v) is 6.35. The van der Waals surface area contributed by atoms with Gasteiger partial charge in [0.05, 0.1) is 0 Å². The Bertz CT molecular complexity index is 336. The highest BCUT2D eigenvalue weighted by Gasteiger charge is 2.40. The second kappa shape index (κ2) is 5.82. The van der Waals surface area contributed by atoms with Crippen molar-refractivity contribution in [1.29, 1.82) is 0 Å². The highest BCUT2D eigenvalue weighted by Crippen LogP contribution is 2.42. The van der Waals surface area contributed by atoms with Crippen LogP contribution in [0.5, 0.6) is 0 Å². The van der Waals surface area contributed by atoms with Gasteiger partial charge in [0.25, 0.3) is 0 Å². The third kappa shape index (κ3) is 3.62. The normalized spacial score (nSPS) is 29.7. The van der Waals surface area contributed by atoms with Crippen LogP contribution < -0.4 is 0 Å². The van der Waals surface area contributed by atoms with Crippen LogP contribution >= 0.6 is 0 Å². The van der Waals surface area contributed by atoms with Gasteiger partial charge in [-0.2, -0.15) is 0 Å². The summed E-state index contributed by atoms with van der Waals surface area (Å²) < 4.78 is 0. The first-order chi connectivity index (χ1) is 9.86. The molecule has 3 nitrogen and oxygen atoms in total. The Kier molecular flexibility index (Phi) is 4.37. The van der Waals surface area contributed by atoms with Crippen LogP contribution in [0, 0.1) is 11.3 Å². The van der Waals surface area contributed by atoms with E-state index in [1.54, 1.807) is 0 Å². The Morgan fingerprint density at radius 1 is 0.905 bits per heavy atom. The zero-order chi connectivity index (χ0) is 15.1. The monoisotopic (exact) mass is 293 g/mol. The molecule has 3 saturated heterocycles. The molecule has 0 atom stereocenters. The molecule has 0 unspecified atom stereocenters. The summed E-state index contributed by atoms with van der Waals surface area (Å²) in [6, 6.07) is 0. The zero-order valence-electron chi connectivity index (χ0n) is 14.7. The Hall–Kier alpha value is -0.120. The van der Waals surface area contributed by atoms with Crippen molar-refractivity contribution in [3.63, 3.8) is 0 Å². The van der Waals surface area contributed by atoms with Gasteiger partial charge in [-0.05, 0) is 91.0 Å². The minimum Gasteiger partial charge on any atom is -0.306 e. The number of piperidine rings is 2. The minimum absolute atomic E-state index is 0.360. The molecule has 0 aromatic rings. The Balaban J connectivity index is 1.43. The Labute approximate surface area is 131 Å². The number of hydrogen-bond donors (Lipinski definition) is 0. The fourth-order valence-corrected chi connectivity index (χ4v) is 4.67. The second-order valence-corrected chi connectivity index (χ2v) is 9.05. The maximum atomic E-state index is 2.75. The van der Waals surface area contributed by atoms with E-state index >= 15 is 0 Å². The maximum Gasteiger partial charge on any atom is 0.0125 e. The molecule has 0 aliphatic carbocycles. The van der Waals surface area contributed by atoms with E-state index in [4.69, 9.17) is 0 Å². The highest BCUT2D eigenvalue weighted by molar-refractivity contribution is 4.94. The first-order valence-corrected chi connectivity index (χ1v) is 9.02. The average Bonchev–Trinajstić information content (AvgIpc) is 2.39. The van der Waals surface area contributed by atoms with Gasteiger partial charge in [0.2, 0.25) is 0 Å². The van der Waals surface area contributed by atoms with Crippen LogP contribution in [0.2, 0.25) is 0 Å². The molecule has 21 heavy (non-hydrogen) atoms. The first kappa shape index (κ1) is 15.8. The molecule has 0 N–H and O–H groups in total. The molecular formula is C18H35N3. The quantitative estimate of drug-likeness (QED) is 0.774. The number of rotatable bonds is 2. The van der Waals surface area contributed by atoms with E-state index in [1.807, 2.05) is 0 Å². The maximum absolute atomic E-state index is 2.75. The molecule has 3 aliphatic rings. The van der Waals surface area contributed by atoms with Gasteiger partial charge in [-0.25, -0.2) is 0 Å². The molecule has 3 heterocycles. The van der Waals surface area contributed by atoms with Crippen molar-refractivity contribution >= 4 is 0 Å². The summed E-state index contributed by atoms with van der Waals surface area (Å²) in [5.74, 6) is 0.951. The molecule has 3 fully saturated rings. The van der Waals surface area contributed by atoms with Crippen molar-refractivity contribution in [2.24, 2.45) is 11.3 Å². The summed E-state index contributed by atoms with van der Waals surface area (Å²) in [7, 11) is 2.24. The molecule has 1 spiro atoms. The Morgan fingerprint density at radius 2 is 1.43 bits per heavy atom. The molecule has 0 aromatic carbocycles. The first-order valence-electron chi connectivity index (χ1n) is 9.02. The van der Waals surface area contributed by atoms with Gasteiger partial charge in [0.1, 0.15) is 0 Å².